The Bertz CT molecular complexity index is 523. The molecule has 84 valence electrons. The first kappa shape index (κ1) is 11.1. The first-order valence-electron chi connectivity index (χ1n) is 5.01. The van der Waals surface area contributed by atoms with E-state index in [0.717, 1.165) is 10.9 Å². The lowest BCUT2D eigenvalue weighted by molar-refractivity contribution is -0.116. The van der Waals surface area contributed by atoms with Crippen LogP contribution in [0.4, 0.5) is 5.95 Å². The van der Waals surface area contributed by atoms with E-state index in [4.69, 9.17) is 0 Å². The van der Waals surface area contributed by atoms with Crippen LogP contribution in [0.25, 0.3) is 5.65 Å². The monoisotopic (exact) mass is 282 g/mol. The van der Waals surface area contributed by atoms with Gasteiger partial charge in [0.25, 0.3) is 0 Å². The number of aromatic nitrogens is 3. The summed E-state index contributed by atoms with van der Waals surface area (Å²) in [5.74, 6) is 0.409. The van der Waals surface area contributed by atoms with Crippen LogP contribution in [-0.2, 0) is 4.79 Å². The third-order valence-electron chi connectivity index (χ3n) is 2.09. The lowest BCUT2D eigenvalue weighted by Crippen LogP contribution is -2.13. The molecule has 0 saturated heterocycles. The van der Waals surface area contributed by atoms with Gasteiger partial charge in [-0.3, -0.25) is 14.5 Å². The molecule has 0 aromatic carbocycles. The van der Waals surface area contributed by atoms with Crippen molar-refractivity contribution in [2.24, 2.45) is 0 Å². The summed E-state index contributed by atoms with van der Waals surface area (Å²) >= 11 is 3.36. The number of nitrogens with one attached hydrogen (secondary N) is 1. The maximum atomic E-state index is 11.4. The highest BCUT2D eigenvalue weighted by Gasteiger charge is 2.08. The average molecular weight is 283 g/mol. The molecule has 2 heterocycles. The number of hydrogen-bond donors (Lipinski definition) is 1. The molecular weight excluding hydrogens is 272 g/mol. The molecule has 2 aromatic rings. The Morgan fingerprint density at radius 3 is 3.06 bits per heavy atom. The first-order valence-corrected chi connectivity index (χ1v) is 5.80. The van der Waals surface area contributed by atoms with Crippen molar-refractivity contribution in [2.45, 2.75) is 19.8 Å². The van der Waals surface area contributed by atoms with E-state index in [-0.39, 0.29) is 5.91 Å². The molecule has 1 N–H and O–H groups in total. The van der Waals surface area contributed by atoms with E-state index >= 15 is 0 Å². The topological polar surface area (TPSA) is 59.3 Å². The van der Waals surface area contributed by atoms with Crippen molar-refractivity contribution in [1.82, 2.24) is 14.6 Å². The molecule has 0 atom stereocenters. The second-order valence-electron chi connectivity index (χ2n) is 3.40. The van der Waals surface area contributed by atoms with Crippen LogP contribution in [0, 0.1) is 0 Å². The van der Waals surface area contributed by atoms with Crippen molar-refractivity contribution in [3.8, 4) is 0 Å². The smallest absolute Gasteiger partial charge is 0.235 e. The van der Waals surface area contributed by atoms with E-state index in [1.54, 1.807) is 4.40 Å². The molecule has 0 fully saturated rings. The van der Waals surface area contributed by atoms with E-state index in [0.29, 0.717) is 18.0 Å². The zero-order valence-electron chi connectivity index (χ0n) is 8.77. The summed E-state index contributed by atoms with van der Waals surface area (Å²) in [6.45, 7) is 1.96. The fourth-order valence-electron chi connectivity index (χ4n) is 1.36. The number of pyridine rings is 1. The molecule has 0 aliphatic heterocycles. The molecule has 0 saturated carbocycles. The van der Waals surface area contributed by atoms with Gasteiger partial charge in [0.1, 0.15) is 0 Å². The predicted molar refractivity (Wildman–Crippen MR) is 64.2 cm³/mol. The minimum Gasteiger partial charge on any atom is -0.294 e. The molecule has 0 radical (unpaired) electrons. The maximum Gasteiger partial charge on any atom is 0.235 e. The van der Waals surface area contributed by atoms with Crippen molar-refractivity contribution >= 4 is 33.4 Å². The van der Waals surface area contributed by atoms with E-state index in [1.807, 2.05) is 25.3 Å². The van der Waals surface area contributed by atoms with Crippen LogP contribution in [-0.4, -0.2) is 20.5 Å². The van der Waals surface area contributed by atoms with Gasteiger partial charge >= 0.3 is 0 Å². The van der Waals surface area contributed by atoms with Crippen molar-refractivity contribution in [3.05, 3.63) is 22.8 Å². The van der Waals surface area contributed by atoms with Gasteiger partial charge in [0.2, 0.25) is 11.9 Å². The number of amides is 1. The van der Waals surface area contributed by atoms with Crippen LogP contribution in [0.15, 0.2) is 22.8 Å². The van der Waals surface area contributed by atoms with Crippen molar-refractivity contribution in [1.29, 1.82) is 0 Å². The quantitative estimate of drug-likeness (QED) is 0.939. The summed E-state index contributed by atoms with van der Waals surface area (Å²) in [4.78, 5) is 11.4. The number of fused-ring (bicyclic) bond motifs is 1. The number of carbonyl (C=O) groups excluding carboxylic acids is 1. The number of rotatable bonds is 3. The Hall–Kier alpha value is -1.43. The third-order valence-corrected chi connectivity index (χ3v) is 2.56. The molecule has 0 aliphatic rings. The Morgan fingerprint density at radius 2 is 2.31 bits per heavy atom. The number of anilines is 1. The Kier molecular flexibility index (Phi) is 3.19. The minimum atomic E-state index is -0.0447. The van der Waals surface area contributed by atoms with E-state index in [2.05, 4.69) is 31.4 Å². The molecule has 0 aliphatic carbocycles. The van der Waals surface area contributed by atoms with Crippen LogP contribution in [0.2, 0.25) is 0 Å². The van der Waals surface area contributed by atoms with Crippen molar-refractivity contribution < 1.29 is 4.79 Å². The summed E-state index contributed by atoms with van der Waals surface area (Å²) in [7, 11) is 0. The van der Waals surface area contributed by atoms with E-state index < -0.39 is 0 Å². The number of halogens is 1. The van der Waals surface area contributed by atoms with Gasteiger partial charge in [-0.1, -0.05) is 6.92 Å². The van der Waals surface area contributed by atoms with Gasteiger partial charge in [-0.05, 0) is 34.5 Å². The molecule has 2 rings (SSSR count). The van der Waals surface area contributed by atoms with E-state index in [1.165, 1.54) is 0 Å². The van der Waals surface area contributed by atoms with Crippen LogP contribution in [0.5, 0.6) is 0 Å². The molecular formula is C10H11BrN4O. The third kappa shape index (κ3) is 2.21. The molecule has 0 unspecified atom stereocenters. The molecule has 16 heavy (non-hydrogen) atoms. The Labute approximate surface area is 101 Å². The second kappa shape index (κ2) is 4.61. The number of hydrogen-bond acceptors (Lipinski definition) is 3. The largest absolute Gasteiger partial charge is 0.294 e. The standard InChI is InChI=1S/C10H11BrN4O/c1-2-3-9(16)12-10-14-13-8-5-4-7(11)6-15(8)10/h4-6H,2-3H2,1H3,(H,12,14,16). The van der Waals surface area contributed by atoms with Gasteiger partial charge in [0.05, 0.1) is 0 Å². The molecule has 6 heteroatoms. The molecule has 2 aromatic heterocycles. The SMILES string of the molecule is CCCC(=O)Nc1nnc2ccc(Br)cn12. The van der Waals surface area contributed by atoms with Gasteiger partial charge in [-0.15, -0.1) is 10.2 Å². The van der Waals surface area contributed by atoms with Crippen LogP contribution < -0.4 is 5.32 Å². The van der Waals surface area contributed by atoms with Gasteiger partial charge in [-0.2, -0.15) is 0 Å². The molecule has 0 spiro atoms. The van der Waals surface area contributed by atoms with Crippen molar-refractivity contribution in [2.75, 3.05) is 5.32 Å². The first-order chi connectivity index (χ1) is 7.70. The zero-order chi connectivity index (χ0) is 11.5. The van der Waals surface area contributed by atoms with Gasteiger partial charge < -0.3 is 0 Å². The van der Waals surface area contributed by atoms with Crippen LogP contribution >= 0.6 is 15.9 Å². The number of carbonyl (C=O) groups is 1. The normalized spacial score (nSPS) is 10.6. The maximum absolute atomic E-state index is 11.4. The Morgan fingerprint density at radius 1 is 1.50 bits per heavy atom. The summed E-state index contributed by atoms with van der Waals surface area (Å²) in [6.07, 6.45) is 3.12. The summed E-state index contributed by atoms with van der Waals surface area (Å²) in [5.41, 5.74) is 0.704. The summed E-state index contributed by atoms with van der Waals surface area (Å²) in [5, 5.41) is 10.6. The lowest BCUT2D eigenvalue weighted by Gasteiger charge is -2.02. The predicted octanol–water partition coefficient (Wildman–Crippen LogP) is 2.23. The van der Waals surface area contributed by atoms with Crippen LogP contribution in [0.3, 0.4) is 0 Å². The highest BCUT2D eigenvalue weighted by Crippen LogP contribution is 2.14. The Balaban J connectivity index is 2.30. The summed E-state index contributed by atoms with van der Waals surface area (Å²) in [6, 6.07) is 3.70. The van der Waals surface area contributed by atoms with Crippen LogP contribution in [0.1, 0.15) is 19.8 Å². The minimum absolute atomic E-state index is 0.0447. The number of nitrogens with zero attached hydrogens (tertiary/aromatic N) is 3. The molecule has 5 nitrogen and oxygen atoms in total. The molecule has 0 bridgehead atoms. The zero-order valence-corrected chi connectivity index (χ0v) is 10.4. The van der Waals surface area contributed by atoms with Gasteiger partial charge in [0.15, 0.2) is 5.65 Å². The van der Waals surface area contributed by atoms with E-state index in [9.17, 15) is 4.79 Å². The molecule has 1 amide bonds. The average Bonchev–Trinajstić information content (AvgIpc) is 2.61. The second-order valence-corrected chi connectivity index (χ2v) is 4.31. The van der Waals surface area contributed by atoms with Crippen molar-refractivity contribution in [3.63, 3.8) is 0 Å². The van der Waals surface area contributed by atoms with Gasteiger partial charge in [0, 0.05) is 17.1 Å². The summed E-state index contributed by atoms with van der Waals surface area (Å²) < 4.78 is 2.64. The highest BCUT2D eigenvalue weighted by atomic mass is 79.9. The fourth-order valence-corrected chi connectivity index (χ4v) is 1.70. The fraction of sp³-hybridized carbons (Fsp3) is 0.300. The highest BCUT2D eigenvalue weighted by molar-refractivity contribution is 9.10. The lowest BCUT2D eigenvalue weighted by atomic mass is 10.3. The van der Waals surface area contributed by atoms with Gasteiger partial charge in [-0.25, -0.2) is 0 Å².